The quantitative estimate of drug-likeness (QED) is 0.933. The number of hydrogen-bond donors (Lipinski definition) is 1. The van der Waals surface area contributed by atoms with Gasteiger partial charge in [-0.15, -0.1) is 11.3 Å². The molecule has 1 saturated heterocycles. The van der Waals surface area contributed by atoms with Gasteiger partial charge in [-0.25, -0.2) is 4.68 Å². The van der Waals surface area contributed by atoms with Gasteiger partial charge in [0.25, 0.3) is 11.8 Å². The average molecular weight is 332 g/mol. The summed E-state index contributed by atoms with van der Waals surface area (Å²) >= 11 is 1.53. The van der Waals surface area contributed by atoms with E-state index >= 15 is 0 Å². The van der Waals surface area contributed by atoms with Crippen molar-refractivity contribution in [3.63, 3.8) is 0 Å². The van der Waals surface area contributed by atoms with Crippen molar-refractivity contribution in [2.75, 3.05) is 11.4 Å². The summed E-state index contributed by atoms with van der Waals surface area (Å²) in [6, 6.07) is 3.16. The summed E-state index contributed by atoms with van der Waals surface area (Å²) in [4.78, 5) is 27.8. The molecule has 1 atom stereocenters. The average Bonchev–Trinajstić information content (AvgIpc) is 3.17. The topological polar surface area (TPSA) is 67.2 Å². The molecule has 1 aliphatic heterocycles. The van der Waals surface area contributed by atoms with Gasteiger partial charge in [0, 0.05) is 24.0 Å². The van der Waals surface area contributed by atoms with E-state index < -0.39 is 6.04 Å². The van der Waals surface area contributed by atoms with Gasteiger partial charge in [0.15, 0.2) is 0 Å². The third-order valence-electron chi connectivity index (χ3n) is 4.12. The molecule has 6 nitrogen and oxygen atoms in total. The van der Waals surface area contributed by atoms with E-state index in [2.05, 4.69) is 10.4 Å². The van der Waals surface area contributed by atoms with E-state index in [-0.39, 0.29) is 11.8 Å². The molecule has 2 aromatic rings. The zero-order valence-electron chi connectivity index (χ0n) is 13.3. The number of anilines is 1. The van der Waals surface area contributed by atoms with Crippen LogP contribution in [0.2, 0.25) is 0 Å². The number of rotatable bonds is 4. The number of piperidine rings is 1. The molecule has 0 aromatic carbocycles. The number of carbonyl (C=O) groups excluding carboxylic acids is 2. The summed E-state index contributed by atoms with van der Waals surface area (Å²) in [5, 5.41) is 9.00. The summed E-state index contributed by atoms with van der Waals surface area (Å²) in [5.41, 5.74) is 0.651. The summed E-state index contributed by atoms with van der Waals surface area (Å²) < 4.78 is 1.80. The lowest BCUT2D eigenvalue weighted by molar-refractivity contribution is -0.121. The van der Waals surface area contributed by atoms with Gasteiger partial charge >= 0.3 is 0 Å². The molecular weight excluding hydrogens is 312 g/mol. The highest BCUT2D eigenvalue weighted by Gasteiger charge is 2.32. The third kappa shape index (κ3) is 3.01. The van der Waals surface area contributed by atoms with Crippen LogP contribution in [0.1, 0.15) is 35.0 Å². The van der Waals surface area contributed by atoms with Crippen LogP contribution in [0.3, 0.4) is 0 Å². The Morgan fingerprint density at radius 3 is 3.00 bits per heavy atom. The Balaban J connectivity index is 1.75. The minimum Gasteiger partial charge on any atom is -0.340 e. The molecule has 0 radical (unpaired) electrons. The maximum absolute atomic E-state index is 12.8. The van der Waals surface area contributed by atoms with Crippen LogP contribution in [0.25, 0.3) is 0 Å². The Morgan fingerprint density at radius 2 is 2.30 bits per heavy atom. The van der Waals surface area contributed by atoms with Crippen molar-refractivity contribution in [3.05, 3.63) is 34.2 Å². The fourth-order valence-corrected chi connectivity index (χ4v) is 3.59. The van der Waals surface area contributed by atoms with Gasteiger partial charge in [0.1, 0.15) is 11.9 Å². The third-order valence-corrected chi connectivity index (χ3v) is 4.96. The van der Waals surface area contributed by atoms with Crippen molar-refractivity contribution in [2.45, 2.75) is 39.3 Å². The number of amides is 2. The van der Waals surface area contributed by atoms with Gasteiger partial charge in [-0.05, 0) is 38.1 Å². The van der Waals surface area contributed by atoms with E-state index in [0.29, 0.717) is 25.1 Å². The van der Waals surface area contributed by atoms with Crippen LogP contribution in [0, 0.1) is 6.92 Å². The first-order valence-corrected chi connectivity index (χ1v) is 8.68. The predicted molar refractivity (Wildman–Crippen MR) is 89.8 cm³/mol. The summed E-state index contributed by atoms with van der Waals surface area (Å²) in [6.45, 7) is 5.27. The van der Waals surface area contributed by atoms with Gasteiger partial charge in [0.2, 0.25) is 0 Å². The molecule has 0 bridgehead atoms. The SMILES string of the molecule is CCn1nccc1N1CCC[C@H](NC(=O)c2ccsc2C)C1=O. The highest BCUT2D eigenvalue weighted by molar-refractivity contribution is 7.10. The second-order valence-electron chi connectivity index (χ2n) is 5.55. The van der Waals surface area contributed by atoms with Crippen molar-refractivity contribution >= 4 is 29.0 Å². The van der Waals surface area contributed by atoms with Crippen LogP contribution < -0.4 is 10.2 Å². The molecule has 3 heterocycles. The van der Waals surface area contributed by atoms with E-state index in [1.807, 2.05) is 25.3 Å². The molecular formula is C16H20N4O2S. The number of nitrogens with zero attached hydrogens (tertiary/aromatic N) is 3. The van der Waals surface area contributed by atoms with Crippen LogP contribution in [0.4, 0.5) is 5.82 Å². The van der Waals surface area contributed by atoms with Crippen molar-refractivity contribution in [2.24, 2.45) is 0 Å². The Bertz CT molecular complexity index is 721. The molecule has 1 fully saturated rings. The zero-order chi connectivity index (χ0) is 16.4. The molecule has 23 heavy (non-hydrogen) atoms. The molecule has 3 rings (SSSR count). The number of aryl methyl sites for hydroxylation is 2. The zero-order valence-corrected chi connectivity index (χ0v) is 14.1. The van der Waals surface area contributed by atoms with Crippen molar-refractivity contribution in [3.8, 4) is 0 Å². The predicted octanol–water partition coefficient (Wildman–Crippen LogP) is 2.20. The van der Waals surface area contributed by atoms with Crippen molar-refractivity contribution in [1.82, 2.24) is 15.1 Å². The molecule has 122 valence electrons. The van der Waals surface area contributed by atoms with Gasteiger partial charge in [-0.3, -0.25) is 14.5 Å². The Labute approximate surface area is 139 Å². The fraction of sp³-hybridized carbons (Fsp3) is 0.438. The van der Waals surface area contributed by atoms with Gasteiger partial charge in [-0.1, -0.05) is 0 Å². The summed E-state index contributed by atoms with van der Waals surface area (Å²) in [6.07, 6.45) is 3.22. The highest BCUT2D eigenvalue weighted by Crippen LogP contribution is 2.22. The number of nitrogens with one attached hydrogen (secondary N) is 1. The van der Waals surface area contributed by atoms with E-state index in [1.54, 1.807) is 21.8 Å². The van der Waals surface area contributed by atoms with Crippen LogP contribution in [-0.2, 0) is 11.3 Å². The lowest BCUT2D eigenvalue weighted by atomic mass is 10.0. The van der Waals surface area contributed by atoms with E-state index in [9.17, 15) is 9.59 Å². The monoisotopic (exact) mass is 332 g/mol. The second-order valence-corrected chi connectivity index (χ2v) is 6.67. The van der Waals surface area contributed by atoms with Crippen LogP contribution in [0.5, 0.6) is 0 Å². The largest absolute Gasteiger partial charge is 0.340 e. The molecule has 2 amide bonds. The molecule has 0 saturated carbocycles. The summed E-state index contributed by atoms with van der Waals surface area (Å²) in [7, 11) is 0. The van der Waals surface area contributed by atoms with Gasteiger partial charge < -0.3 is 5.32 Å². The summed E-state index contributed by atoms with van der Waals surface area (Å²) in [5.74, 6) is 0.559. The van der Waals surface area contributed by atoms with E-state index in [4.69, 9.17) is 0 Å². The fourth-order valence-electron chi connectivity index (χ4n) is 2.89. The Morgan fingerprint density at radius 1 is 1.48 bits per heavy atom. The maximum atomic E-state index is 12.8. The minimum absolute atomic E-state index is 0.0623. The van der Waals surface area contributed by atoms with Gasteiger partial charge in [0.05, 0.1) is 11.8 Å². The van der Waals surface area contributed by atoms with Crippen molar-refractivity contribution in [1.29, 1.82) is 0 Å². The molecule has 7 heteroatoms. The molecule has 0 spiro atoms. The molecule has 0 unspecified atom stereocenters. The van der Waals surface area contributed by atoms with Crippen molar-refractivity contribution < 1.29 is 9.59 Å². The van der Waals surface area contributed by atoms with Gasteiger partial charge in [-0.2, -0.15) is 5.10 Å². The smallest absolute Gasteiger partial charge is 0.253 e. The molecule has 1 aliphatic rings. The number of aromatic nitrogens is 2. The normalized spacial score (nSPS) is 18.3. The molecule has 0 aliphatic carbocycles. The highest BCUT2D eigenvalue weighted by atomic mass is 32.1. The van der Waals surface area contributed by atoms with E-state index in [0.717, 1.165) is 17.1 Å². The number of thiophene rings is 1. The lowest BCUT2D eigenvalue weighted by Gasteiger charge is -2.32. The Kier molecular flexibility index (Phi) is 4.47. The van der Waals surface area contributed by atoms with Crippen LogP contribution in [0.15, 0.2) is 23.7 Å². The maximum Gasteiger partial charge on any atom is 0.253 e. The van der Waals surface area contributed by atoms with Crippen LogP contribution in [-0.4, -0.2) is 34.2 Å². The number of carbonyl (C=O) groups is 2. The minimum atomic E-state index is -0.476. The van der Waals surface area contributed by atoms with Crippen LogP contribution >= 0.6 is 11.3 Å². The second kappa shape index (κ2) is 6.54. The first kappa shape index (κ1) is 15.7. The first-order chi connectivity index (χ1) is 11.1. The van der Waals surface area contributed by atoms with E-state index in [1.165, 1.54) is 11.3 Å². The first-order valence-electron chi connectivity index (χ1n) is 7.80. The number of hydrogen-bond acceptors (Lipinski definition) is 4. The Hall–Kier alpha value is -2.15. The standard InChI is InChI=1S/C16H20N4O2S/c1-3-20-14(6-8-17-20)19-9-4-5-13(16(19)22)18-15(21)12-7-10-23-11(12)2/h6-8,10,13H,3-5,9H2,1-2H3,(H,18,21)/t13-/m0/s1. The lowest BCUT2D eigenvalue weighted by Crippen LogP contribution is -2.53. The molecule has 2 aromatic heterocycles. The molecule has 1 N–H and O–H groups in total.